The van der Waals surface area contributed by atoms with E-state index in [1.54, 1.807) is 0 Å². The van der Waals surface area contributed by atoms with E-state index in [1.807, 2.05) is 37.6 Å². The summed E-state index contributed by atoms with van der Waals surface area (Å²) in [6.07, 6.45) is 7.01. The lowest BCUT2D eigenvalue weighted by Crippen LogP contribution is -2.11. The van der Waals surface area contributed by atoms with Crippen LogP contribution in [0, 0.1) is 6.92 Å². The Balaban J connectivity index is 2.08. The van der Waals surface area contributed by atoms with Gasteiger partial charge in [-0.2, -0.15) is 0 Å². The van der Waals surface area contributed by atoms with E-state index in [0.29, 0.717) is 5.01 Å². The smallest absolute Gasteiger partial charge is 0.337 e. The molecule has 24 heavy (non-hydrogen) atoms. The summed E-state index contributed by atoms with van der Waals surface area (Å²) in [5.41, 5.74) is 3.68. The molecule has 0 spiro atoms. The zero-order valence-electron chi connectivity index (χ0n) is 13.1. The SMILES string of the molecule is C/C=C\c1c(-c2csc(-c3cc(C(=O)O)c[nH]c3=O)n2)c[nH]c1C. The highest BCUT2D eigenvalue weighted by atomic mass is 32.1. The van der Waals surface area contributed by atoms with Gasteiger partial charge in [-0.05, 0) is 19.9 Å². The number of hydrogen-bond acceptors (Lipinski definition) is 4. The standard InChI is InChI=1S/C17H15N3O3S/c1-3-4-11-9(2)18-7-13(11)14-8-24-16(20-14)12-5-10(17(22)23)6-19-15(12)21/h3-8,18H,1-2H3,(H,19,21)(H,22,23)/b4-3-. The first-order chi connectivity index (χ1) is 11.5. The number of H-pyrrole nitrogens is 2. The van der Waals surface area contributed by atoms with Crippen LogP contribution in [-0.4, -0.2) is 26.0 Å². The van der Waals surface area contributed by atoms with E-state index >= 15 is 0 Å². The van der Waals surface area contributed by atoms with Gasteiger partial charge in [-0.3, -0.25) is 4.79 Å². The predicted molar refractivity (Wildman–Crippen MR) is 94.4 cm³/mol. The molecule has 7 heteroatoms. The summed E-state index contributed by atoms with van der Waals surface area (Å²) in [6, 6.07) is 1.35. The number of aromatic carboxylic acids is 1. The van der Waals surface area contributed by atoms with Gasteiger partial charge < -0.3 is 15.1 Å². The highest BCUT2D eigenvalue weighted by Gasteiger charge is 2.15. The van der Waals surface area contributed by atoms with Gasteiger partial charge >= 0.3 is 5.97 Å². The fourth-order valence-corrected chi connectivity index (χ4v) is 3.25. The number of thiazole rings is 1. The highest BCUT2D eigenvalue weighted by molar-refractivity contribution is 7.13. The number of hydrogen-bond donors (Lipinski definition) is 3. The van der Waals surface area contributed by atoms with Crippen LogP contribution < -0.4 is 5.56 Å². The molecule has 0 saturated heterocycles. The van der Waals surface area contributed by atoms with Crippen molar-refractivity contribution >= 4 is 23.4 Å². The maximum absolute atomic E-state index is 12.0. The van der Waals surface area contributed by atoms with Gasteiger partial charge in [-0.1, -0.05) is 12.2 Å². The van der Waals surface area contributed by atoms with Crippen molar-refractivity contribution in [3.63, 3.8) is 0 Å². The quantitative estimate of drug-likeness (QED) is 0.676. The molecule has 0 unspecified atom stereocenters. The largest absolute Gasteiger partial charge is 0.478 e. The molecule has 0 aliphatic carbocycles. The summed E-state index contributed by atoms with van der Waals surface area (Å²) in [5.74, 6) is -1.10. The number of aromatic amines is 2. The normalized spacial score (nSPS) is 11.2. The first-order valence-corrected chi connectivity index (χ1v) is 8.12. The van der Waals surface area contributed by atoms with Crippen LogP contribution in [0.3, 0.4) is 0 Å². The molecule has 0 atom stereocenters. The average Bonchev–Trinajstić information content (AvgIpc) is 3.16. The van der Waals surface area contributed by atoms with Crippen LogP contribution >= 0.6 is 11.3 Å². The Kier molecular flexibility index (Phi) is 4.18. The van der Waals surface area contributed by atoms with Crippen molar-refractivity contribution in [2.75, 3.05) is 0 Å². The summed E-state index contributed by atoms with van der Waals surface area (Å²) >= 11 is 1.31. The van der Waals surface area contributed by atoms with E-state index in [9.17, 15) is 9.59 Å². The lowest BCUT2D eigenvalue weighted by atomic mass is 10.1. The molecule has 122 valence electrons. The third-order valence-electron chi connectivity index (χ3n) is 3.62. The molecular weight excluding hydrogens is 326 g/mol. The minimum absolute atomic E-state index is 0.0217. The third-order valence-corrected chi connectivity index (χ3v) is 4.50. The summed E-state index contributed by atoms with van der Waals surface area (Å²) < 4.78 is 0. The van der Waals surface area contributed by atoms with E-state index in [4.69, 9.17) is 5.11 Å². The van der Waals surface area contributed by atoms with Gasteiger partial charge in [0.2, 0.25) is 0 Å². The number of aromatic nitrogens is 3. The lowest BCUT2D eigenvalue weighted by Gasteiger charge is -1.99. The predicted octanol–water partition coefficient (Wildman–Crippen LogP) is 3.53. The topological polar surface area (TPSA) is 98.8 Å². The van der Waals surface area contributed by atoms with Crippen LogP contribution in [-0.2, 0) is 0 Å². The van der Waals surface area contributed by atoms with E-state index in [1.165, 1.54) is 23.6 Å². The Hall–Kier alpha value is -2.93. The van der Waals surface area contributed by atoms with Gasteiger partial charge in [-0.25, -0.2) is 9.78 Å². The molecule has 3 aromatic heterocycles. The monoisotopic (exact) mass is 341 g/mol. The zero-order chi connectivity index (χ0) is 17.3. The summed E-state index contributed by atoms with van der Waals surface area (Å²) in [5, 5.41) is 11.4. The van der Waals surface area contributed by atoms with Crippen molar-refractivity contribution in [2.24, 2.45) is 0 Å². The van der Waals surface area contributed by atoms with Crippen LogP contribution in [0.4, 0.5) is 0 Å². The van der Waals surface area contributed by atoms with Gasteiger partial charge in [-0.15, -0.1) is 11.3 Å². The van der Waals surface area contributed by atoms with E-state index in [2.05, 4.69) is 15.0 Å². The Labute approximate surface area is 141 Å². The van der Waals surface area contributed by atoms with Crippen LogP contribution in [0.25, 0.3) is 27.9 Å². The van der Waals surface area contributed by atoms with E-state index < -0.39 is 5.97 Å². The molecule has 3 N–H and O–H groups in total. The van der Waals surface area contributed by atoms with E-state index in [-0.39, 0.29) is 16.7 Å². The van der Waals surface area contributed by atoms with E-state index in [0.717, 1.165) is 22.5 Å². The number of nitrogens with zero attached hydrogens (tertiary/aromatic N) is 1. The fourth-order valence-electron chi connectivity index (χ4n) is 2.42. The van der Waals surface area contributed by atoms with Gasteiger partial charge in [0.05, 0.1) is 16.8 Å². The second-order valence-corrected chi connectivity index (χ2v) is 6.07. The fraction of sp³-hybridized carbons (Fsp3) is 0.118. The molecule has 0 aromatic carbocycles. The van der Waals surface area contributed by atoms with Crippen LogP contribution in [0.5, 0.6) is 0 Å². The number of pyridine rings is 1. The molecule has 6 nitrogen and oxygen atoms in total. The van der Waals surface area contributed by atoms with Crippen molar-refractivity contribution in [1.82, 2.24) is 15.0 Å². The first-order valence-electron chi connectivity index (χ1n) is 7.24. The third kappa shape index (κ3) is 2.81. The van der Waals surface area contributed by atoms with Gasteiger partial charge in [0, 0.05) is 34.6 Å². The summed E-state index contributed by atoms with van der Waals surface area (Å²) in [6.45, 7) is 3.92. The van der Waals surface area contributed by atoms with Crippen molar-refractivity contribution in [3.8, 4) is 21.8 Å². The minimum Gasteiger partial charge on any atom is -0.478 e. The molecule has 0 saturated carbocycles. The molecule has 3 heterocycles. The second kappa shape index (κ2) is 6.29. The molecule has 0 aliphatic heterocycles. The molecule has 0 bridgehead atoms. The Morgan fingerprint density at radius 1 is 1.29 bits per heavy atom. The van der Waals surface area contributed by atoms with Crippen LogP contribution in [0.15, 0.2) is 34.7 Å². The van der Waals surface area contributed by atoms with Crippen molar-refractivity contribution in [1.29, 1.82) is 0 Å². The van der Waals surface area contributed by atoms with Crippen molar-refractivity contribution in [2.45, 2.75) is 13.8 Å². The van der Waals surface area contributed by atoms with Crippen molar-refractivity contribution < 1.29 is 9.90 Å². The minimum atomic E-state index is -1.10. The van der Waals surface area contributed by atoms with Gasteiger partial charge in [0.25, 0.3) is 5.56 Å². The molecule has 3 rings (SSSR count). The molecule has 0 fully saturated rings. The maximum Gasteiger partial charge on any atom is 0.337 e. The zero-order valence-corrected chi connectivity index (χ0v) is 13.9. The molecule has 0 amide bonds. The lowest BCUT2D eigenvalue weighted by molar-refractivity contribution is 0.0696. The number of carbonyl (C=O) groups is 1. The average molecular weight is 341 g/mol. The van der Waals surface area contributed by atoms with Gasteiger partial charge in [0.1, 0.15) is 5.01 Å². The highest BCUT2D eigenvalue weighted by Crippen LogP contribution is 2.31. The number of carboxylic acid groups (broad SMARTS) is 1. The Bertz CT molecular complexity index is 995. The first kappa shape index (κ1) is 15.9. The molecule has 0 radical (unpaired) electrons. The number of allylic oxidation sites excluding steroid dienone is 1. The Morgan fingerprint density at radius 2 is 2.08 bits per heavy atom. The molecule has 3 aromatic rings. The second-order valence-electron chi connectivity index (χ2n) is 5.22. The number of nitrogens with one attached hydrogen (secondary N) is 2. The van der Waals surface area contributed by atoms with Crippen molar-refractivity contribution in [3.05, 3.63) is 57.1 Å². The van der Waals surface area contributed by atoms with Crippen LogP contribution in [0.2, 0.25) is 0 Å². The summed E-state index contributed by atoms with van der Waals surface area (Å²) in [7, 11) is 0. The Morgan fingerprint density at radius 3 is 2.79 bits per heavy atom. The van der Waals surface area contributed by atoms with Gasteiger partial charge in [0.15, 0.2) is 0 Å². The maximum atomic E-state index is 12.0. The number of aryl methyl sites for hydroxylation is 1. The molecular formula is C17H15N3O3S. The summed E-state index contributed by atoms with van der Waals surface area (Å²) in [4.78, 5) is 33.2. The number of rotatable bonds is 4. The van der Waals surface area contributed by atoms with Crippen LogP contribution in [0.1, 0.15) is 28.5 Å². The number of carboxylic acids is 1. The molecule has 0 aliphatic rings.